The third-order valence-electron chi connectivity index (χ3n) is 2.55. The molecule has 2 aromatic rings. The van der Waals surface area contributed by atoms with Crippen LogP contribution in [0, 0.1) is 0 Å². The maximum Gasteiger partial charge on any atom is 0.166 e. The molecule has 0 atom stereocenters. The first kappa shape index (κ1) is 13.4. The van der Waals surface area contributed by atoms with Crippen LogP contribution in [0.4, 0.5) is 0 Å². The molecule has 0 spiro atoms. The molecule has 0 aliphatic heterocycles. The smallest absolute Gasteiger partial charge is 0.166 e. The Kier molecular flexibility index (Phi) is 3.85. The van der Waals surface area contributed by atoms with Crippen molar-refractivity contribution >= 4 is 12.4 Å². The van der Waals surface area contributed by atoms with Crippen LogP contribution in [0.1, 0.15) is 11.1 Å². The number of phenols is 4. The largest absolute Gasteiger partial charge is 0.504 e. The van der Waals surface area contributed by atoms with Crippen LogP contribution < -0.4 is 0 Å². The molecule has 4 N–H and O–H groups in total. The van der Waals surface area contributed by atoms with E-state index in [1.54, 1.807) is 24.3 Å². The van der Waals surface area contributed by atoms with E-state index < -0.39 is 0 Å². The lowest BCUT2D eigenvalue weighted by molar-refractivity contribution is 0.403. The summed E-state index contributed by atoms with van der Waals surface area (Å²) in [5.74, 6) is -1.06. The maximum atomic E-state index is 9.53. The Morgan fingerprint density at radius 2 is 1.05 bits per heavy atom. The fourth-order valence-corrected chi connectivity index (χ4v) is 1.50. The first-order valence-corrected chi connectivity index (χ1v) is 5.68. The number of para-hydroxylation sites is 2. The van der Waals surface area contributed by atoms with Crippen molar-refractivity contribution < 1.29 is 20.4 Å². The number of hydrogen-bond acceptors (Lipinski definition) is 6. The van der Waals surface area contributed by atoms with Crippen molar-refractivity contribution in [2.45, 2.75) is 0 Å². The minimum Gasteiger partial charge on any atom is -0.504 e. The Morgan fingerprint density at radius 3 is 1.45 bits per heavy atom. The van der Waals surface area contributed by atoms with Gasteiger partial charge in [0.25, 0.3) is 0 Å². The van der Waals surface area contributed by atoms with E-state index in [2.05, 4.69) is 10.2 Å². The molecule has 0 aromatic heterocycles. The summed E-state index contributed by atoms with van der Waals surface area (Å²) < 4.78 is 0. The summed E-state index contributed by atoms with van der Waals surface area (Å²) in [7, 11) is 0. The molecule has 0 amide bonds. The van der Waals surface area contributed by atoms with Crippen LogP contribution in [0.15, 0.2) is 46.6 Å². The predicted octanol–water partition coefficient (Wildman–Crippen LogP) is 1.96. The van der Waals surface area contributed by atoms with E-state index in [1.165, 1.54) is 24.6 Å². The lowest BCUT2D eigenvalue weighted by Crippen LogP contribution is -1.84. The van der Waals surface area contributed by atoms with Gasteiger partial charge in [0.1, 0.15) is 0 Å². The number of benzene rings is 2. The highest BCUT2D eigenvalue weighted by Crippen LogP contribution is 2.27. The Balaban J connectivity index is 2.15. The summed E-state index contributed by atoms with van der Waals surface area (Å²) in [6.45, 7) is 0. The summed E-state index contributed by atoms with van der Waals surface area (Å²) in [5.41, 5.74) is 0.615. The van der Waals surface area contributed by atoms with Crippen molar-refractivity contribution in [3.8, 4) is 23.0 Å². The van der Waals surface area contributed by atoms with E-state index in [1.807, 2.05) is 0 Å². The molecule has 0 fully saturated rings. The average Bonchev–Trinajstić information content (AvgIpc) is 2.43. The van der Waals surface area contributed by atoms with Gasteiger partial charge in [-0.25, -0.2) is 0 Å². The second-order valence-corrected chi connectivity index (χ2v) is 3.92. The van der Waals surface area contributed by atoms with Crippen LogP contribution in [0.5, 0.6) is 23.0 Å². The topological polar surface area (TPSA) is 106 Å². The summed E-state index contributed by atoms with van der Waals surface area (Å²) in [6.07, 6.45) is 2.51. The van der Waals surface area contributed by atoms with Crippen molar-refractivity contribution in [3.05, 3.63) is 47.5 Å². The molecule has 0 aliphatic carbocycles. The Labute approximate surface area is 114 Å². The number of aromatic hydroxyl groups is 4. The van der Waals surface area contributed by atoms with Crippen molar-refractivity contribution in [2.75, 3.05) is 0 Å². The summed E-state index contributed by atoms with van der Waals surface area (Å²) in [6, 6.07) is 8.92. The molecule has 0 unspecified atom stereocenters. The fraction of sp³-hybridized carbons (Fsp3) is 0. The minimum atomic E-state index is -0.286. The first-order chi connectivity index (χ1) is 9.59. The second-order valence-electron chi connectivity index (χ2n) is 3.92. The highest BCUT2D eigenvalue weighted by molar-refractivity contribution is 5.87. The predicted molar refractivity (Wildman–Crippen MR) is 74.7 cm³/mol. The van der Waals surface area contributed by atoms with E-state index in [0.717, 1.165) is 0 Å². The molecule has 2 aromatic carbocycles. The molecule has 0 saturated carbocycles. The van der Waals surface area contributed by atoms with Crippen LogP contribution in [-0.4, -0.2) is 32.9 Å². The van der Waals surface area contributed by atoms with Crippen LogP contribution >= 0.6 is 0 Å². The third kappa shape index (κ3) is 2.86. The van der Waals surface area contributed by atoms with Gasteiger partial charge in [0.15, 0.2) is 23.0 Å². The number of rotatable bonds is 3. The van der Waals surface area contributed by atoms with E-state index in [-0.39, 0.29) is 23.0 Å². The number of phenolic OH excluding ortho intramolecular Hbond substituents is 4. The van der Waals surface area contributed by atoms with Crippen LogP contribution in [0.2, 0.25) is 0 Å². The van der Waals surface area contributed by atoms with Gasteiger partial charge in [-0.2, -0.15) is 10.2 Å². The van der Waals surface area contributed by atoms with Gasteiger partial charge in [-0.3, -0.25) is 0 Å². The summed E-state index contributed by atoms with van der Waals surface area (Å²) in [4.78, 5) is 0. The molecule has 0 saturated heterocycles. The van der Waals surface area contributed by atoms with Gasteiger partial charge in [-0.05, 0) is 24.3 Å². The lowest BCUT2D eigenvalue weighted by atomic mass is 10.2. The molecule has 0 heterocycles. The van der Waals surface area contributed by atoms with E-state index in [9.17, 15) is 20.4 Å². The van der Waals surface area contributed by atoms with Crippen molar-refractivity contribution in [1.82, 2.24) is 0 Å². The van der Waals surface area contributed by atoms with Crippen LogP contribution in [0.25, 0.3) is 0 Å². The monoisotopic (exact) mass is 272 g/mol. The lowest BCUT2D eigenvalue weighted by Gasteiger charge is -2.00. The van der Waals surface area contributed by atoms with Crippen LogP contribution in [0.3, 0.4) is 0 Å². The molecule has 0 bridgehead atoms. The first-order valence-electron chi connectivity index (χ1n) is 5.68. The van der Waals surface area contributed by atoms with Gasteiger partial charge in [0, 0.05) is 11.1 Å². The van der Waals surface area contributed by atoms with Gasteiger partial charge >= 0.3 is 0 Å². The Bertz CT molecular complexity index is 621. The average molecular weight is 272 g/mol. The summed E-state index contributed by atoms with van der Waals surface area (Å²) in [5, 5.41) is 45.0. The fourth-order valence-electron chi connectivity index (χ4n) is 1.50. The zero-order valence-corrected chi connectivity index (χ0v) is 10.3. The van der Waals surface area contributed by atoms with Gasteiger partial charge in [-0.15, -0.1) is 0 Å². The van der Waals surface area contributed by atoms with E-state index in [0.29, 0.717) is 11.1 Å². The van der Waals surface area contributed by atoms with Gasteiger partial charge in [-0.1, -0.05) is 12.1 Å². The molecule has 0 aliphatic rings. The molecule has 2 rings (SSSR count). The van der Waals surface area contributed by atoms with Gasteiger partial charge in [0.05, 0.1) is 12.4 Å². The maximum absolute atomic E-state index is 9.53. The molecular formula is C14H12N2O4. The van der Waals surface area contributed by atoms with E-state index in [4.69, 9.17) is 0 Å². The molecule has 20 heavy (non-hydrogen) atoms. The summed E-state index contributed by atoms with van der Waals surface area (Å²) >= 11 is 0. The Morgan fingerprint density at radius 1 is 0.650 bits per heavy atom. The van der Waals surface area contributed by atoms with Crippen molar-refractivity contribution in [2.24, 2.45) is 10.2 Å². The Hall–Kier alpha value is -3.02. The standard InChI is InChI=1S/C14H12N2O4/c17-11-5-1-3-9(13(11)19)7-15-16-8-10-4-2-6-12(18)14(10)20/h1-8,17-20H/b15-7-,16-8-. The molecular weight excluding hydrogens is 260 g/mol. The zero-order valence-electron chi connectivity index (χ0n) is 10.3. The quantitative estimate of drug-likeness (QED) is 0.389. The zero-order chi connectivity index (χ0) is 14.5. The second kappa shape index (κ2) is 5.75. The minimum absolute atomic E-state index is 0.247. The van der Waals surface area contributed by atoms with Gasteiger partial charge < -0.3 is 20.4 Å². The van der Waals surface area contributed by atoms with Gasteiger partial charge in [0.2, 0.25) is 0 Å². The molecule has 102 valence electrons. The molecule has 6 heteroatoms. The normalized spacial score (nSPS) is 11.4. The number of hydrogen-bond donors (Lipinski definition) is 4. The highest BCUT2D eigenvalue weighted by atomic mass is 16.3. The van der Waals surface area contributed by atoms with E-state index >= 15 is 0 Å². The van der Waals surface area contributed by atoms with Crippen LogP contribution in [-0.2, 0) is 0 Å². The van der Waals surface area contributed by atoms with Crippen molar-refractivity contribution in [3.63, 3.8) is 0 Å². The third-order valence-corrected chi connectivity index (χ3v) is 2.55. The molecule has 6 nitrogen and oxygen atoms in total. The molecule has 0 radical (unpaired) electrons. The SMILES string of the molecule is Oc1cccc(/C=N\N=C/c2cccc(O)c2O)c1O. The highest BCUT2D eigenvalue weighted by Gasteiger charge is 2.03. The van der Waals surface area contributed by atoms with Crippen molar-refractivity contribution in [1.29, 1.82) is 0 Å². The number of nitrogens with zero attached hydrogens (tertiary/aromatic N) is 2.